The second-order valence-electron chi connectivity index (χ2n) is 5.71. The number of rotatable bonds is 4. The van der Waals surface area contributed by atoms with Crippen LogP contribution in [0.25, 0.3) is 6.08 Å². The smallest absolute Gasteiger partial charge is 0.101 e. The normalized spacial score (nSPS) is 28.3. The molecule has 4 atom stereocenters. The van der Waals surface area contributed by atoms with Gasteiger partial charge in [-0.15, -0.1) is 6.58 Å². The van der Waals surface area contributed by atoms with Crippen LogP contribution in [-0.4, -0.2) is 25.3 Å². The molecule has 1 aromatic rings. The van der Waals surface area contributed by atoms with Gasteiger partial charge < -0.3 is 0 Å². The van der Waals surface area contributed by atoms with Crippen LogP contribution in [0.15, 0.2) is 49.1 Å². The summed E-state index contributed by atoms with van der Waals surface area (Å²) in [6.07, 6.45) is 6.08. The predicted molar refractivity (Wildman–Crippen MR) is 83.0 cm³/mol. The van der Waals surface area contributed by atoms with Crippen LogP contribution in [0.4, 0.5) is 0 Å². The number of nitrogens with zero attached hydrogens (tertiary/aromatic N) is 1. The minimum absolute atomic E-state index is 0.194. The summed E-state index contributed by atoms with van der Waals surface area (Å²) in [5.74, 6) is 0. The molecule has 1 aliphatic heterocycles. The van der Waals surface area contributed by atoms with Crippen molar-refractivity contribution >= 4 is 17.1 Å². The predicted octanol–water partition coefficient (Wildman–Crippen LogP) is 3.40. The molecule has 0 amide bonds. The third kappa shape index (κ3) is 3.23. The van der Waals surface area contributed by atoms with Crippen LogP contribution in [-0.2, 0) is 11.0 Å². The molecule has 0 radical (unpaired) electrons. The third-order valence-electron chi connectivity index (χ3n) is 3.09. The molecule has 0 spiro atoms. The minimum Gasteiger partial charge on any atom is -0.242 e. The van der Waals surface area contributed by atoms with E-state index in [1.807, 2.05) is 49.4 Å². The second-order valence-corrected chi connectivity index (χ2v) is 7.85. The Labute approximate surface area is 118 Å². The maximum absolute atomic E-state index is 12.4. The molecule has 1 fully saturated rings. The molecular formula is C16H21NOS. The number of hydrogen-bond donors (Lipinski definition) is 0. The van der Waals surface area contributed by atoms with Crippen molar-refractivity contribution in [2.45, 2.75) is 37.6 Å². The first-order valence-corrected chi connectivity index (χ1v) is 7.62. The lowest BCUT2D eigenvalue weighted by Crippen LogP contribution is -2.28. The van der Waals surface area contributed by atoms with Gasteiger partial charge in [0.05, 0.1) is 16.8 Å². The molecule has 1 unspecified atom stereocenters. The summed E-state index contributed by atoms with van der Waals surface area (Å²) < 4.78 is 14.2. The fourth-order valence-electron chi connectivity index (χ4n) is 2.00. The van der Waals surface area contributed by atoms with E-state index in [1.165, 1.54) is 5.56 Å². The molecule has 1 saturated heterocycles. The Bertz CT molecular complexity index is 501. The Morgan fingerprint density at radius 3 is 2.37 bits per heavy atom. The van der Waals surface area contributed by atoms with Crippen LogP contribution >= 0.6 is 0 Å². The van der Waals surface area contributed by atoms with Crippen molar-refractivity contribution in [3.05, 3.63) is 54.6 Å². The highest BCUT2D eigenvalue weighted by Gasteiger charge is 2.50. The fraction of sp³-hybridized carbons (Fsp3) is 0.375. The highest BCUT2D eigenvalue weighted by Crippen LogP contribution is 2.36. The lowest BCUT2D eigenvalue weighted by Gasteiger charge is -2.18. The summed E-state index contributed by atoms with van der Waals surface area (Å²) in [6.45, 7) is 9.83. The zero-order valence-electron chi connectivity index (χ0n) is 11.7. The lowest BCUT2D eigenvalue weighted by molar-refractivity contribution is 0.608. The van der Waals surface area contributed by atoms with Gasteiger partial charge in [-0.25, -0.2) is 8.51 Å². The average Bonchev–Trinajstić information content (AvgIpc) is 3.08. The molecule has 1 heterocycles. The van der Waals surface area contributed by atoms with Crippen LogP contribution in [0.2, 0.25) is 0 Å². The molecule has 3 heteroatoms. The highest BCUT2D eigenvalue weighted by atomic mass is 32.2. The Balaban J connectivity index is 2.08. The van der Waals surface area contributed by atoms with E-state index < -0.39 is 11.0 Å². The molecule has 2 nitrogen and oxygen atoms in total. The van der Waals surface area contributed by atoms with Crippen LogP contribution in [0.1, 0.15) is 26.3 Å². The van der Waals surface area contributed by atoms with Gasteiger partial charge in [-0.2, -0.15) is 0 Å². The van der Waals surface area contributed by atoms with Crippen molar-refractivity contribution < 1.29 is 4.21 Å². The van der Waals surface area contributed by atoms with E-state index in [2.05, 4.69) is 30.9 Å². The van der Waals surface area contributed by atoms with Crippen LogP contribution < -0.4 is 0 Å². The van der Waals surface area contributed by atoms with Gasteiger partial charge in [0, 0.05) is 0 Å². The van der Waals surface area contributed by atoms with Crippen molar-refractivity contribution in [1.82, 2.24) is 4.31 Å². The van der Waals surface area contributed by atoms with Crippen LogP contribution in [0, 0.1) is 0 Å². The summed E-state index contributed by atoms with van der Waals surface area (Å²) in [6, 6.07) is 10.6. The van der Waals surface area contributed by atoms with Crippen LogP contribution in [0.3, 0.4) is 0 Å². The van der Waals surface area contributed by atoms with Gasteiger partial charge >= 0.3 is 0 Å². The van der Waals surface area contributed by atoms with Crippen LogP contribution in [0.5, 0.6) is 0 Å². The largest absolute Gasteiger partial charge is 0.242 e. The van der Waals surface area contributed by atoms with Gasteiger partial charge in [0.2, 0.25) is 0 Å². The van der Waals surface area contributed by atoms with Crippen molar-refractivity contribution in [1.29, 1.82) is 0 Å². The maximum atomic E-state index is 12.4. The molecule has 1 aliphatic rings. The lowest BCUT2D eigenvalue weighted by atomic mass is 10.2. The fourth-order valence-corrected chi connectivity index (χ4v) is 3.43. The van der Waals surface area contributed by atoms with Crippen molar-refractivity contribution in [2.75, 3.05) is 0 Å². The summed E-state index contributed by atoms with van der Waals surface area (Å²) >= 11 is 0. The van der Waals surface area contributed by atoms with E-state index >= 15 is 0 Å². The highest BCUT2D eigenvalue weighted by molar-refractivity contribution is 7.84. The third-order valence-corrected chi connectivity index (χ3v) is 5.01. The van der Waals surface area contributed by atoms with Gasteiger partial charge in [-0.05, 0) is 26.3 Å². The molecule has 1 aromatic carbocycles. The van der Waals surface area contributed by atoms with Crippen molar-refractivity contribution in [3.63, 3.8) is 0 Å². The maximum Gasteiger partial charge on any atom is 0.101 e. The Morgan fingerprint density at radius 2 is 1.84 bits per heavy atom. The average molecular weight is 275 g/mol. The van der Waals surface area contributed by atoms with E-state index in [0.717, 1.165) is 0 Å². The van der Waals surface area contributed by atoms with E-state index in [1.54, 1.807) is 0 Å². The van der Waals surface area contributed by atoms with E-state index in [0.29, 0.717) is 0 Å². The van der Waals surface area contributed by atoms with E-state index in [4.69, 9.17) is 0 Å². The summed E-state index contributed by atoms with van der Waals surface area (Å²) in [5, 5.41) is 0. The molecule has 0 N–H and O–H groups in total. The van der Waals surface area contributed by atoms with E-state index in [-0.39, 0.29) is 16.8 Å². The number of hydrogen-bond acceptors (Lipinski definition) is 1. The van der Waals surface area contributed by atoms with E-state index in [9.17, 15) is 4.21 Å². The van der Waals surface area contributed by atoms with Gasteiger partial charge in [-0.1, -0.05) is 48.6 Å². The molecule has 2 rings (SSSR count). The van der Waals surface area contributed by atoms with Crippen molar-refractivity contribution in [2.24, 2.45) is 0 Å². The standard InChI is InChI=1S/C16H21NOS/c1-5-14-15(17(14)19(18)16(2,3)4)12-11-13-9-7-6-8-10-13/h5-12,14-15H,1H2,2-4H3/b12-11+/t14-,15+,17?,19+/m0/s1. The molecule has 102 valence electrons. The molecule has 0 saturated carbocycles. The Morgan fingerprint density at radius 1 is 1.21 bits per heavy atom. The van der Waals surface area contributed by atoms with Gasteiger partial charge in [0.15, 0.2) is 0 Å². The zero-order chi connectivity index (χ0) is 14.0. The molecule has 0 aliphatic carbocycles. The zero-order valence-corrected chi connectivity index (χ0v) is 12.6. The molecule has 0 aromatic heterocycles. The molecular weight excluding hydrogens is 254 g/mol. The molecule has 19 heavy (non-hydrogen) atoms. The monoisotopic (exact) mass is 275 g/mol. The number of benzene rings is 1. The second kappa shape index (κ2) is 5.43. The molecule has 0 bridgehead atoms. The topological polar surface area (TPSA) is 20.1 Å². The SMILES string of the molecule is C=C[C@H]1[C@@H](/C=C/c2ccccc2)N1[S@](=O)C(C)(C)C. The summed E-state index contributed by atoms with van der Waals surface area (Å²) in [4.78, 5) is 0. The first kappa shape index (κ1) is 14.2. The van der Waals surface area contributed by atoms with Crippen molar-refractivity contribution in [3.8, 4) is 0 Å². The Kier molecular flexibility index (Phi) is 4.07. The summed E-state index contributed by atoms with van der Waals surface area (Å²) in [5.41, 5.74) is 1.17. The summed E-state index contributed by atoms with van der Waals surface area (Å²) in [7, 11) is -0.985. The first-order valence-electron chi connectivity index (χ1n) is 6.51. The quantitative estimate of drug-likeness (QED) is 0.609. The minimum atomic E-state index is -0.985. The Hall–Kier alpha value is -1.19. The van der Waals surface area contributed by atoms with Gasteiger partial charge in [0.1, 0.15) is 11.0 Å². The van der Waals surface area contributed by atoms with Gasteiger partial charge in [-0.3, -0.25) is 0 Å². The van der Waals surface area contributed by atoms with Gasteiger partial charge in [0.25, 0.3) is 0 Å². The first-order chi connectivity index (χ1) is 8.95.